The minimum atomic E-state index is -0.897. The first kappa shape index (κ1) is 18.3. The fourth-order valence-electron chi connectivity index (χ4n) is 2.66. The van der Waals surface area contributed by atoms with Gasteiger partial charge < -0.3 is 16.0 Å². The van der Waals surface area contributed by atoms with E-state index in [1.807, 2.05) is 0 Å². The van der Waals surface area contributed by atoms with Gasteiger partial charge in [-0.3, -0.25) is 9.59 Å². The predicted molar refractivity (Wildman–Crippen MR) is 86.5 cm³/mol. The van der Waals surface area contributed by atoms with E-state index >= 15 is 0 Å². The second-order valence-corrected chi connectivity index (χ2v) is 6.00. The van der Waals surface area contributed by atoms with Crippen molar-refractivity contribution in [2.75, 3.05) is 26.2 Å². The van der Waals surface area contributed by atoms with Crippen molar-refractivity contribution < 1.29 is 18.4 Å². The fraction of sp³-hybridized carbons (Fsp3) is 0.529. The average molecular weight is 339 g/mol. The van der Waals surface area contributed by atoms with Crippen LogP contribution in [0.4, 0.5) is 8.78 Å². The summed E-state index contributed by atoms with van der Waals surface area (Å²) < 4.78 is 26.2. The van der Waals surface area contributed by atoms with E-state index < -0.39 is 17.5 Å². The van der Waals surface area contributed by atoms with Crippen LogP contribution >= 0.6 is 0 Å². The molecule has 7 heteroatoms. The molecule has 2 rings (SSSR count). The Kier molecular flexibility index (Phi) is 7.11. The Hall–Kier alpha value is -2.02. The van der Waals surface area contributed by atoms with Crippen LogP contribution in [-0.4, -0.2) is 38.0 Å². The molecule has 0 bridgehead atoms. The minimum absolute atomic E-state index is 0.0530. The number of carbonyl (C=O) groups is 2. The molecule has 0 aliphatic carbocycles. The van der Waals surface area contributed by atoms with Crippen LogP contribution in [0.25, 0.3) is 0 Å². The standard InChI is InChI=1S/C17H23F2N3O2/c18-13-5-6-14(15(19)9-13)17(24)21-8-2-4-16(23)22-11-12-3-1-7-20-10-12/h5-6,9,12,20H,1-4,7-8,10-11H2,(H,21,24)(H,22,23). The molecular weight excluding hydrogens is 316 g/mol. The van der Waals surface area contributed by atoms with Crippen molar-refractivity contribution in [2.45, 2.75) is 25.7 Å². The van der Waals surface area contributed by atoms with Crippen LogP contribution in [0.1, 0.15) is 36.0 Å². The summed E-state index contributed by atoms with van der Waals surface area (Å²) >= 11 is 0. The Bertz CT molecular complexity index is 575. The van der Waals surface area contributed by atoms with Crippen molar-refractivity contribution >= 4 is 11.8 Å². The summed E-state index contributed by atoms with van der Waals surface area (Å²) in [6.07, 6.45) is 3.01. The van der Waals surface area contributed by atoms with Crippen LogP contribution in [0.2, 0.25) is 0 Å². The molecule has 0 aromatic heterocycles. The number of piperidine rings is 1. The summed E-state index contributed by atoms with van der Waals surface area (Å²) in [5.41, 5.74) is -0.203. The van der Waals surface area contributed by atoms with Crippen LogP contribution in [0, 0.1) is 17.6 Å². The largest absolute Gasteiger partial charge is 0.356 e. The molecule has 24 heavy (non-hydrogen) atoms. The van der Waals surface area contributed by atoms with Gasteiger partial charge in [-0.2, -0.15) is 0 Å². The molecule has 3 N–H and O–H groups in total. The van der Waals surface area contributed by atoms with E-state index in [0.29, 0.717) is 31.4 Å². The lowest BCUT2D eigenvalue weighted by atomic mass is 10.00. The lowest BCUT2D eigenvalue weighted by molar-refractivity contribution is -0.121. The van der Waals surface area contributed by atoms with Crippen molar-refractivity contribution in [3.8, 4) is 0 Å². The maximum Gasteiger partial charge on any atom is 0.254 e. The second-order valence-electron chi connectivity index (χ2n) is 6.00. The van der Waals surface area contributed by atoms with Crippen LogP contribution < -0.4 is 16.0 Å². The molecule has 1 aliphatic rings. The van der Waals surface area contributed by atoms with Gasteiger partial charge in [0.1, 0.15) is 11.6 Å². The number of benzene rings is 1. The highest BCUT2D eigenvalue weighted by atomic mass is 19.1. The first-order valence-corrected chi connectivity index (χ1v) is 8.27. The fourth-order valence-corrected chi connectivity index (χ4v) is 2.66. The highest BCUT2D eigenvalue weighted by Crippen LogP contribution is 2.10. The summed E-state index contributed by atoms with van der Waals surface area (Å²) in [6.45, 7) is 2.89. The molecule has 5 nitrogen and oxygen atoms in total. The molecule has 1 fully saturated rings. The zero-order valence-corrected chi connectivity index (χ0v) is 13.5. The smallest absolute Gasteiger partial charge is 0.254 e. The Balaban J connectivity index is 1.61. The molecular formula is C17H23F2N3O2. The minimum Gasteiger partial charge on any atom is -0.356 e. The third-order valence-electron chi connectivity index (χ3n) is 4.03. The number of halogens is 2. The van der Waals surface area contributed by atoms with E-state index in [0.717, 1.165) is 38.1 Å². The van der Waals surface area contributed by atoms with Crippen LogP contribution in [0.15, 0.2) is 18.2 Å². The normalized spacial score (nSPS) is 17.3. The Labute approximate surface area is 140 Å². The summed E-state index contributed by atoms with van der Waals surface area (Å²) in [5.74, 6) is -1.81. The van der Waals surface area contributed by atoms with Gasteiger partial charge >= 0.3 is 0 Å². The van der Waals surface area contributed by atoms with Gasteiger partial charge in [-0.05, 0) is 50.4 Å². The second kappa shape index (κ2) is 9.32. The van der Waals surface area contributed by atoms with Gasteiger partial charge in [-0.25, -0.2) is 8.78 Å². The molecule has 1 heterocycles. The van der Waals surface area contributed by atoms with Crippen LogP contribution in [0.5, 0.6) is 0 Å². The topological polar surface area (TPSA) is 70.2 Å². The zero-order chi connectivity index (χ0) is 17.4. The number of nitrogens with one attached hydrogen (secondary N) is 3. The highest BCUT2D eigenvalue weighted by molar-refractivity contribution is 5.94. The van der Waals surface area contributed by atoms with Gasteiger partial charge in [0.25, 0.3) is 5.91 Å². The molecule has 1 atom stereocenters. The van der Waals surface area contributed by atoms with Crippen molar-refractivity contribution in [1.82, 2.24) is 16.0 Å². The molecule has 1 unspecified atom stereocenters. The molecule has 1 aliphatic heterocycles. The van der Waals surface area contributed by atoms with Gasteiger partial charge in [0.05, 0.1) is 5.56 Å². The molecule has 0 saturated carbocycles. The molecule has 1 aromatic carbocycles. The van der Waals surface area contributed by atoms with Gasteiger partial charge in [-0.15, -0.1) is 0 Å². The Morgan fingerprint density at radius 1 is 1.25 bits per heavy atom. The first-order valence-electron chi connectivity index (χ1n) is 8.27. The quantitative estimate of drug-likeness (QED) is 0.661. The highest BCUT2D eigenvalue weighted by Gasteiger charge is 2.14. The maximum absolute atomic E-state index is 13.4. The van der Waals surface area contributed by atoms with Gasteiger partial charge in [0, 0.05) is 25.6 Å². The van der Waals surface area contributed by atoms with E-state index in [1.54, 1.807) is 0 Å². The van der Waals surface area contributed by atoms with Gasteiger partial charge in [-0.1, -0.05) is 0 Å². The molecule has 0 radical (unpaired) electrons. The van der Waals surface area contributed by atoms with Crippen molar-refractivity contribution in [1.29, 1.82) is 0 Å². The average Bonchev–Trinajstić information content (AvgIpc) is 2.57. The molecule has 0 spiro atoms. The number of hydrogen-bond donors (Lipinski definition) is 3. The number of carbonyl (C=O) groups excluding carboxylic acids is 2. The van der Waals surface area contributed by atoms with Gasteiger partial charge in [0.2, 0.25) is 5.91 Å². The lowest BCUT2D eigenvalue weighted by Crippen LogP contribution is -2.38. The Morgan fingerprint density at radius 2 is 2.08 bits per heavy atom. The summed E-state index contributed by atoms with van der Waals surface area (Å²) in [6, 6.07) is 2.80. The van der Waals surface area contributed by atoms with Crippen molar-refractivity contribution in [3.63, 3.8) is 0 Å². The maximum atomic E-state index is 13.4. The third kappa shape index (κ3) is 5.88. The van der Waals surface area contributed by atoms with E-state index in [-0.39, 0.29) is 18.0 Å². The molecule has 1 saturated heterocycles. The number of amides is 2. The number of rotatable bonds is 7. The Morgan fingerprint density at radius 3 is 2.79 bits per heavy atom. The molecule has 2 amide bonds. The van der Waals surface area contributed by atoms with Gasteiger partial charge in [0.15, 0.2) is 0 Å². The zero-order valence-electron chi connectivity index (χ0n) is 13.5. The summed E-state index contributed by atoms with van der Waals surface area (Å²) in [4.78, 5) is 23.5. The van der Waals surface area contributed by atoms with E-state index in [4.69, 9.17) is 0 Å². The van der Waals surface area contributed by atoms with Crippen LogP contribution in [-0.2, 0) is 4.79 Å². The SMILES string of the molecule is O=C(CCCNC(=O)c1ccc(F)cc1F)NCC1CCCNC1. The number of hydrogen-bond acceptors (Lipinski definition) is 3. The van der Waals surface area contributed by atoms with E-state index in [2.05, 4.69) is 16.0 Å². The monoisotopic (exact) mass is 339 g/mol. The molecule has 1 aromatic rings. The van der Waals surface area contributed by atoms with Crippen molar-refractivity contribution in [2.24, 2.45) is 5.92 Å². The summed E-state index contributed by atoms with van der Waals surface area (Å²) in [7, 11) is 0. The predicted octanol–water partition coefficient (Wildman–Crippen LogP) is 1.59. The first-order chi connectivity index (χ1) is 11.6. The third-order valence-corrected chi connectivity index (χ3v) is 4.03. The summed E-state index contributed by atoms with van der Waals surface area (Å²) in [5, 5.41) is 8.72. The lowest BCUT2D eigenvalue weighted by Gasteiger charge is -2.22. The van der Waals surface area contributed by atoms with E-state index in [9.17, 15) is 18.4 Å². The van der Waals surface area contributed by atoms with Crippen molar-refractivity contribution in [3.05, 3.63) is 35.4 Å². The van der Waals surface area contributed by atoms with Crippen LogP contribution in [0.3, 0.4) is 0 Å². The van der Waals surface area contributed by atoms with E-state index in [1.165, 1.54) is 0 Å². The molecule has 132 valence electrons.